The summed E-state index contributed by atoms with van der Waals surface area (Å²) in [5, 5.41) is 2.69. The van der Waals surface area contributed by atoms with Crippen molar-refractivity contribution in [1.82, 2.24) is 10.2 Å². The molecule has 2 amide bonds. The van der Waals surface area contributed by atoms with Gasteiger partial charge in [-0.25, -0.2) is 8.78 Å². The van der Waals surface area contributed by atoms with Crippen molar-refractivity contribution in [3.05, 3.63) is 89.0 Å². The van der Waals surface area contributed by atoms with Gasteiger partial charge in [-0.1, -0.05) is 36.7 Å². The fourth-order valence-corrected chi connectivity index (χ4v) is 6.75. The number of carbonyl (C=O) groups is 2. The van der Waals surface area contributed by atoms with Gasteiger partial charge in [0.2, 0.25) is 11.8 Å². The van der Waals surface area contributed by atoms with Crippen LogP contribution in [0.5, 0.6) is 0 Å². The molecule has 0 aromatic heterocycles. The molecule has 10 heteroatoms. The predicted molar refractivity (Wildman–Crippen MR) is 161 cm³/mol. The van der Waals surface area contributed by atoms with E-state index in [9.17, 15) is 18.4 Å². The number of benzene rings is 3. The van der Waals surface area contributed by atoms with Gasteiger partial charge in [0.25, 0.3) is 0 Å². The van der Waals surface area contributed by atoms with Crippen molar-refractivity contribution in [2.45, 2.75) is 30.0 Å². The molecule has 2 aliphatic rings. The van der Waals surface area contributed by atoms with Crippen LogP contribution in [0.2, 0.25) is 5.02 Å². The van der Waals surface area contributed by atoms with Gasteiger partial charge < -0.3 is 15.1 Å². The number of carbonyl (C=O) groups excluding carboxylic acids is 2. The maximum absolute atomic E-state index is 13.7. The van der Waals surface area contributed by atoms with Gasteiger partial charge in [0.15, 0.2) is 0 Å². The molecule has 2 heterocycles. The maximum Gasteiger partial charge on any atom is 0.241 e. The highest BCUT2D eigenvalue weighted by Crippen LogP contribution is 2.42. The summed E-state index contributed by atoms with van der Waals surface area (Å²) in [4.78, 5) is 34.0. The summed E-state index contributed by atoms with van der Waals surface area (Å²) < 4.78 is 26.8. The van der Waals surface area contributed by atoms with Crippen molar-refractivity contribution < 1.29 is 18.4 Å². The zero-order valence-corrected chi connectivity index (χ0v) is 24.4. The summed E-state index contributed by atoms with van der Waals surface area (Å²) in [6, 6.07) is 18.3. The van der Waals surface area contributed by atoms with E-state index in [2.05, 4.69) is 15.1 Å². The summed E-state index contributed by atoms with van der Waals surface area (Å²) in [5.74, 6) is -1.54. The first-order valence-corrected chi connectivity index (χ1v) is 15.1. The number of piperazine rings is 1. The van der Waals surface area contributed by atoms with E-state index in [-0.39, 0.29) is 29.2 Å². The number of nitrogens with one attached hydrogen (secondary N) is 1. The number of hydrogen-bond acceptors (Lipinski definition) is 5. The molecule has 0 unspecified atom stereocenters. The van der Waals surface area contributed by atoms with Crippen LogP contribution in [0.4, 0.5) is 20.2 Å². The molecule has 0 saturated carbocycles. The number of rotatable bonds is 9. The van der Waals surface area contributed by atoms with Gasteiger partial charge in [0.1, 0.15) is 16.9 Å². The Kier molecular flexibility index (Phi) is 9.47. The number of anilines is 2. The lowest BCUT2D eigenvalue weighted by atomic mass is 10.0. The molecule has 1 N–H and O–H groups in total. The second-order valence-electron chi connectivity index (χ2n) is 10.4. The Morgan fingerprint density at radius 1 is 1.02 bits per heavy atom. The van der Waals surface area contributed by atoms with Crippen molar-refractivity contribution >= 4 is 46.6 Å². The van der Waals surface area contributed by atoms with Gasteiger partial charge in [-0.2, -0.15) is 0 Å². The second-order valence-corrected chi connectivity index (χ2v) is 12.0. The normalized spacial score (nSPS) is 18.2. The van der Waals surface area contributed by atoms with Gasteiger partial charge in [-0.3, -0.25) is 14.5 Å². The quantitative estimate of drug-likeness (QED) is 0.326. The van der Waals surface area contributed by atoms with Gasteiger partial charge in [-0.05, 0) is 67.1 Å². The molecule has 1 fully saturated rings. The number of halogens is 3. The zero-order chi connectivity index (χ0) is 28.9. The highest BCUT2D eigenvalue weighted by molar-refractivity contribution is 8.01. The molecule has 6 nitrogen and oxygen atoms in total. The van der Waals surface area contributed by atoms with Crippen LogP contribution in [0.3, 0.4) is 0 Å². The Hall–Kier alpha value is -3.14. The lowest BCUT2D eigenvalue weighted by molar-refractivity contribution is -0.128. The monoisotopic (exact) mass is 598 g/mol. The number of fused-ring (bicyclic) bond motifs is 1. The van der Waals surface area contributed by atoms with Crippen LogP contribution >= 0.6 is 23.4 Å². The molecule has 0 aliphatic carbocycles. The molecule has 0 spiro atoms. The molecule has 1 saturated heterocycles. The first kappa shape index (κ1) is 29.4. The van der Waals surface area contributed by atoms with Crippen molar-refractivity contribution in [2.75, 3.05) is 49.1 Å². The van der Waals surface area contributed by atoms with E-state index in [1.807, 2.05) is 36.4 Å². The van der Waals surface area contributed by atoms with Crippen molar-refractivity contribution in [3.8, 4) is 0 Å². The fourth-order valence-electron chi connectivity index (χ4n) is 5.23. The van der Waals surface area contributed by atoms with Crippen LogP contribution in [0.15, 0.2) is 71.6 Å². The maximum atomic E-state index is 13.7. The largest absolute Gasteiger partial charge is 0.369 e. The third-order valence-electron chi connectivity index (χ3n) is 7.65. The first-order chi connectivity index (χ1) is 19.8. The SMILES string of the molecule is C[C@H](C(=O)NCCCN1CCN(c2ccc(F)cc2)CC1)[C@H]1Sc2ccccc2N(Cc2ccc(F)cc2Cl)C1=O. The number of thioether (sulfide) groups is 1. The second kappa shape index (κ2) is 13.2. The lowest BCUT2D eigenvalue weighted by Crippen LogP contribution is -2.48. The molecule has 3 aromatic carbocycles. The molecular formula is C31H33ClF2N4O2S. The van der Waals surface area contributed by atoms with Crippen LogP contribution in [0.1, 0.15) is 18.9 Å². The molecule has 5 rings (SSSR count). The van der Waals surface area contributed by atoms with Crippen molar-refractivity contribution in [2.24, 2.45) is 5.92 Å². The summed E-state index contributed by atoms with van der Waals surface area (Å²) in [6.45, 7) is 6.92. The summed E-state index contributed by atoms with van der Waals surface area (Å²) in [6.07, 6.45) is 0.804. The summed E-state index contributed by atoms with van der Waals surface area (Å²) in [5.41, 5.74) is 2.42. The lowest BCUT2D eigenvalue weighted by Gasteiger charge is -2.36. The highest BCUT2D eigenvalue weighted by Gasteiger charge is 2.39. The van der Waals surface area contributed by atoms with Gasteiger partial charge in [-0.15, -0.1) is 11.8 Å². The highest BCUT2D eigenvalue weighted by atomic mass is 35.5. The predicted octanol–water partition coefficient (Wildman–Crippen LogP) is 5.59. The molecular weight excluding hydrogens is 566 g/mol. The van der Waals surface area contributed by atoms with Gasteiger partial charge >= 0.3 is 0 Å². The molecule has 216 valence electrons. The summed E-state index contributed by atoms with van der Waals surface area (Å²) in [7, 11) is 0. The van der Waals surface area contributed by atoms with E-state index in [4.69, 9.17) is 11.6 Å². The molecule has 2 aliphatic heterocycles. The van der Waals surface area contributed by atoms with Crippen LogP contribution in [0, 0.1) is 17.6 Å². The average molecular weight is 599 g/mol. The number of para-hydroxylation sites is 1. The van der Waals surface area contributed by atoms with Crippen LogP contribution in [0.25, 0.3) is 0 Å². The number of hydrogen-bond donors (Lipinski definition) is 1. The minimum absolute atomic E-state index is 0.156. The van der Waals surface area contributed by atoms with Gasteiger partial charge in [0.05, 0.1) is 18.2 Å². The molecule has 0 bridgehead atoms. The molecule has 2 atom stereocenters. The Morgan fingerprint density at radius 3 is 2.46 bits per heavy atom. The van der Waals surface area contributed by atoms with Crippen LogP contribution in [-0.2, 0) is 16.1 Å². The van der Waals surface area contributed by atoms with Crippen molar-refractivity contribution in [3.63, 3.8) is 0 Å². The van der Waals surface area contributed by atoms with E-state index in [1.165, 1.54) is 36.0 Å². The fraction of sp³-hybridized carbons (Fsp3) is 0.355. The Labute approximate surface area is 248 Å². The van der Waals surface area contributed by atoms with Crippen LogP contribution in [-0.4, -0.2) is 61.2 Å². The van der Waals surface area contributed by atoms with Gasteiger partial charge in [0, 0.05) is 48.3 Å². The zero-order valence-electron chi connectivity index (χ0n) is 22.9. The van der Waals surface area contributed by atoms with E-state index < -0.39 is 17.0 Å². The number of nitrogens with zero attached hydrogens (tertiary/aromatic N) is 3. The average Bonchev–Trinajstić information content (AvgIpc) is 2.98. The van der Waals surface area contributed by atoms with Crippen molar-refractivity contribution in [1.29, 1.82) is 0 Å². The number of amides is 2. The smallest absolute Gasteiger partial charge is 0.241 e. The van der Waals surface area contributed by atoms with E-state index in [0.29, 0.717) is 12.1 Å². The molecule has 3 aromatic rings. The Morgan fingerprint density at radius 2 is 1.73 bits per heavy atom. The third kappa shape index (κ3) is 7.02. The van der Waals surface area contributed by atoms with Crippen LogP contribution < -0.4 is 15.1 Å². The minimum atomic E-state index is -0.594. The van der Waals surface area contributed by atoms with E-state index in [0.717, 1.165) is 55.4 Å². The Bertz CT molecular complexity index is 1380. The minimum Gasteiger partial charge on any atom is -0.369 e. The topological polar surface area (TPSA) is 55.9 Å². The van der Waals surface area contributed by atoms with E-state index in [1.54, 1.807) is 17.9 Å². The third-order valence-corrected chi connectivity index (χ3v) is 9.46. The summed E-state index contributed by atoms with van der Waals surface area (Å²) >= 11 is 7.68. The molecule has 41 heavy (non-hydrogen) atoms. The molecule has 0 radical (unpaired) electrons. The standard InChI is InChI=1S/C31H33ClF2N4O2S/c1-21(30(39)35-13-4-14-36-15-17-37(18-16-36)25-11-9-23(33)10-12-25)29-31(40)38(27-5-2-3-6-28(27)41-29)20-22-7-8-24(34)19-26(22)32/h2-3,5-12,19,21,29H,4,13-18,20H2,1H3,(H,35,39)/t21-,29+/m0/s1. The Balaban J connectivity index is 1.13. The first-order valence-electron chi connectivity index (χ1n) is 13.8. The van der Waals surface area contributed by atoms with E-state index >= 15 is 0 Å².